The van der Waals surface area contributed by atoms with Crippen LogP contribution in [-0.4, -0.2) is 67.0 Å². The van der Waals surface area contributed by atoms with Crippen LogP contribution in [0.1, 0.15) is 38.7 Å². The van der Waals surface area contributed by atoms with Crippen LogP contribution in [0.5, 0.6) is 5.75 Å². The van der Waals surface area contributed by atoms with Gasteiger partial charge in [-0.15, -0.1) is 0 Å². The topological polar surface area (TPSA) is 53.1 Å². The monoisotopic (exact) mass is 373 g/mol. The van der Waals surface area contributed by atoms with Crippen LogP contribution in [0.15, 0.2) is 18.2 Å². The number of hydrogen-bond donors (Lipinski definition) is 0. The van der Waals surface area contributed by atoms with Crippen molar-refractivity contribution in [1.29, 1.82) is 0 Å². The van der Waals surface area contributed by atoms with Crippen molar-refractivity contribution < 1.29 is 14.3 Å². The molecule has 6 heteroatoms. The van der Waals surface area contributed by atoms with Gasteiger partial charge in [0.15, 0.2) is 5.60 Å². The summed E-state index contributed by atoms with van der Waals surface area (Å²) in [4.78, 5) is 31.6. The molecule has 1 aromatic rings. The number of carbonyl (C=O) groups excluding carboxylic acids is 2. The molecular weight excluding hydrogens is 342 g/mol. The molecule has 3 rings (SSSR count). The number of likely N-dealkylation sites (tertiary alicyclic amines) is 1. The van der Waals surface area contributed by atoms with Gasteiger partial charge in [-0.05, 0) is 71.4 Å². The summed E-state index contributed by atoms with van der Waals surface area (Å²) in [5.41, 5.74) is 0.893. The zero-order valence-corrected chi connectivity index (χ0v) is 17.1. The molecule has 0 unspecified atom stereocenters. The molecule has 0 aromatic heterocycles. The largest absolute Gasteiger partial charge is 0.476 e. The van der Waals surface area contributed by atoms with Crippen LogP contribution >= 0.6 is 0 Å². The minimum absolute atomic E-state index is 0.0934. The highest BCUT2D eigenvalue weighted by Gasteiger charge is 2.41. The van der Waals surface area contributed by atoms with E-state index in [0.29, 0.717) is 24.8 Å². The van der Waals surface area contributed by atoms with Gasteiger partial charge in [0.1, 0.15) is 5.75 Å². The molecule has 1 saturated heterocycles. The van der Waals surface area contributed by atoms with E-state index in [1.165, 1.54) is 0 Å². The van der Waals surface area contributed by atoms with Gasteiger partial charge in [0.2, 0.25) is 5.91 Å². The summed E-state index contributed by atoms with van der Waals surface area (Å²) in [5, 5.41) is 0. The van der Waals surface area contributed by atoms with Crippen molar-refractivity contribution in [2.75, 3.05) is 38.6 Å². The third-order valence-electron chi connectivity index (χ3n) is 5.71. The van der Waals surface area contributed by atoms with Crippen molar-refractivity contribution in [3.8, 4) is 5.75 Å². The van der Waals surface area contributed by atoms with Gasteiger partial charge in [-0.3, -0.25) is 9.59 Å². The molecule has 2 heterocycles. The van der Waals surface area contributed by atoms with Crippen LogP contribution in [0, 0.1) is 6.92 Å². The third-order valence-corrected chi connectivity index (χ3v) is 5.71. The number of fused-ring (bicyclic) bond motifs is 1. The van der Waals surface area contributed by atoms with Gasteiger partial charge in [0, 0.05) is 26.1 Å². The predicted octanol–water partition coefficient (Wildman–Crippen LogP) is 2.44. The molecular formula is C21H31N3O3. The molecule has 0 radical (unpaired) electrons. The fourth-order valence-corrected chi connectivity index (χ4v) is 3.87. The van der Waals surface area contributed by atoms with Crippen LogP contribution in [0.3, 0.4) is 0 Å². The predicted molar refractivity (Wildman–Crippen MR) is 106 cm³/mol. The summed E-state index contributed by atoms with van der Waals surface area (Å²) < 4.78 is 5.89. The lowest BCUT2D eigenvalue weighted by molar-refractivity contribution is -0.134. The molecule has 0 spiro atoms. The molecule has 0 atom stereocenters. The average molecular weight is 373 g/mol. The highest BCUT2D eigenvalue weighted by Crippen LogP contribution is 2.38. The Hall–Kier alpha value is -2.08. The second-order valence-electron chi connectivity index (χ2n) is 8.33. The van der Waals surface area contributed by atoms with E-state index < -0.39 is 5.60 Å². The first-order valence-electron chi connectivity index (χ1n) is 9.75. The lowest BCUT2D eigenvalue weighted by atomic mass is 10.0. The van der Waals surface area contributed by atoms with E-state index in [2.05, 4.69) is 11.9 Å². The average Bonchev–Trinajstić information content (AvgIpc) is 2.62. The standard InChI is InChI=1S/C21H31N3O3/c1-15-6-7-18-17(14-15)24(20(26)21(2,3)27-18)13-10-19(25)23(5)16-8-11-22(4)12-9-16/h6-7,14,16H,8-13H2,1-5H3. The molecule has 1 aromatic carbocycles. The minimum Gasteiger partial charge on any atom is -0.476 e. The van der Waals surface area contributed by atoms with Gasteiger partial charge in [-0.1, -0.05) is 6.07 Å². The lowest BCUT2D eigenvalue weighted by Crippen LogP contribution is -2.53. The Bertz CT molecular complexity index is 723. The second kappa shape index (κ2) is 7.50. The van der Waals surface area contributed by atoms with E-state index in [-0.39, 0.29) is 11.8 Å². The van der Waals surface area contributed by atoms with Crippen LogP contribution in [-0.2, 0) is 9.59 Å². The van der Waals surface area contributed by atoms with Crippen molar-refractivity contribution in [3.05, 3.63) is 23.8 Å². The number of carbonyl (C=O) groups is 2. The fraction of sp³-hybridized carbons (Fsp3) is 0.619. The number of nitrogens with zero attached hydrogens (tertiary/aromatic N) is 3. The van der Waals surface area contributed by atoms with Gasteiger partial charge in [0.05, 0.1) is 5.69 Å². The van der Waals surface area contributed by atoms with Gasteiger partial charge in [-0.25, -0.2) is 0 Å². The summed E-state index contributed by atoms with van der Waals surface area (Å²) in [5.74, 6) is 0.688. The van der Waals surface area contributed by atoms with Gasteiger partial charge < -0.3 is 19.4 Å². The Morgan fingerprint density at radius 3 is 2.63 bits per heavy atom. The number of anilines is 1. The molecule has 0 aliphatic carbocycles. The molecule has 2 aliphatic heterocycles. The lowest BCUT2D eigenvalue weighted by Gasteiger charge is -2.39. The number of piperidine rings is 1. The molecule has 1 fully saturated rings. The Balaban J connectivity index is 1.70. The van der Waals surface area contributed by atoms with E-state index in [4.69, 9.17) is 4.74 Å². The number of rotatable bonds is 4. The first kappa shape index (κ1) is 19.7. The van der Waals surface area contributed by atoms with Crippen molar-refractivity contribution in [3.63, 3.8) is 0 Å². The van der Waals surface area contributed by atoms with E-state index in [1.807, 2.05) is 37.1 Å². The smallest absolute Gasteiger partial charge is 0.270 e. The quantitative estimate of drug-likeness (QED) is 0.813. The Morgan fingerprint density at radius 1 is 1.30 bits per heavy atom. The van der Waals surface area contributed by atoms with Crippen LogP contribution in [0.2, 0.25) is 0 Å². The maximum atomic E-state index is 12.9. The maximum absolute atomic E-state index is 12.9. The molecule has 148 valence electrons. The SMILES string of the molecule is Cc1ccc2c(c1)N(CCC(=O)N(C)C1CCN(C)CC1)C(=O)C(C)(C)O2. The highest BCUT2D eigenvalue weighted by molar-refractivity contribution is 6.02. The minimum atomic E-state index is -0.925. The number of hydrogen-bond acceptors (Lipinski definition) is 4. The van der Waals surface area contributed by atoms with Gasteiger partial charge in [0.25, 0.3) is 5.91 Å². The summed E-state index contributed by atoms with van der Waals surface area (Å²) in [7, 11) is 4.00. The number of ether oxygens (including phenoxy) is 1. The highest BCUT2D eigenvalue weighted by atomic mass is 16.5. The molecule has 0 saturated carbocycles. The number of benzene rings is 1. The fourth-order valence-electron chi connectivity index (χ4n) is 3.87. The van der Waals surface area contributed by atoms with Gasteiger partial charge in [-0.2, -0.15) is 0 Å². The molecule has 2 amide bonds. The summed E-state index contributed by atoms with van der Waals surface area (Å²) in [6, 6.07) is 6.12. The molecule has 0 N–H and O–H groups in total. The Morgan fingerprint density at radius 2 is 1.96 bits per heavy atom. The molecule has 27 heavy (non-hydrogen) atoms. The first-order valence-corrected chi connectivity index (χ1v) is 9.75. The second-order valence-corrected chi connectivity index (χ2v) is 8.33. The van der Waals surface area contributed by atoms with Gasteiger partial charge >= 0.3 is 0 Å². The van der Waals surface area contributed by atoms with E-state index in [9.17, 15) is 9.59 Å². The number of aryl methyl sites for hydroxylation is 1. The van der Waals surface area contributed by atoms with E-state index in [1.54, 1.807) is 18.7 Å². The summed E-state index contributed by atoms with van der Waals surface area (Å²) in [6.07, 6.45) is 2.33. The zero-order chi connectivity index (χ0) is 19.8. The van der Waals surface area contributed by atoms with Crippen molar-refractivity contribution >= 4 is 17.5 Å². The Labute approximate surface area is 162 Å². The van der Waals surface area contributed by atoms with Crippen molar-refractivity contribution in [2.24, 2.45) is 0 Å². The van der Waals surface area contributed by atoms with Crippen LogP contribution in [0.4, 0.5) is 5.69 Å². The van der Waals surface area contributed by atoms with Crippen LogP contribution in [0.25, 0.3) is 0 Å². The normalized spacial score (nSPS) is 20.2. The maximum Gasteiger partial charge on any atom is 0.270 e. The van der Waals surface area contributed by atoms with Crippen LogP contribution < -0.4 is 9.64 Å². The molecule has 0 bridgehead atoms. The van der Waals surface area contributed by atoms with Crippen molar-refractivity contribution in [1.82, 2.24) is 9.80 Å². The third kappa shape index (κ3) is 4.10. The number of amides is 2. The first-order chi connectivity index (χ1) is 12.7. The van der Waals surface area contributed by atoms with Crippen molar-refractivity contribution in [2.45, 2.75) is 51.7 Å². The molecule has 2 aliphatic rings. The zero-order valence-electron chi connectivity index (χ0n) is 17.1. The van der Waals surface area contributed by atoms with E-state index >= 15 is 0 Å². The van der Waals surface area contributed by atoms with E-state index in [0.717, 1.165) is 37.2 Å². The summed E-state index contributed by atoms with van der Waals surface area (Å²) in [6.45, 7) is 7.95. The summed E-state index contributed by atoms with van der Waals surface area (Å²) >= 11 is 0. The Kier molecular flexibility index (Phi) is 5.47. The molecule has 6 nitrogen and oxygen atoms in total.